The number of hydrogen-bond acceptors (Lipinski definition) is 3. The van der Waals surface area contributed by atoms with E-state index in [0.717, 1.165) is 25.9 Å². The summed E-state index contributed by atoms with van der Waals surface area (Å²) in [6.07, 6.45) is 2.16. The molecule has 1 aromatic rings. The highest BCUT2D eigenvalue weighted by atomic mass is 19.1. The van der Waals surface area contributed by atoms with Crippen molar-refractivity contribution in [1.29, 1.82) is 0 Å². The molecule has 0 unspecified atom stereocenters. The summed E-state index contributed by atoms with van der Waals surface area (Å²) >= 11 is 0. The first-order valence-corrected chi connectivity index (χ1v) is 5.40. The van der Waals surface area contributed by atoms with Crippen molar-refractivity contribution in [1.82, 2.24) is 0 Å². The maximum Gasteiger partial charge on any atom is 0.308 e. The zero-order valence-corrected chi connectivity index (χ0v) is 9.20. The SMILES string of the molecule is CC(=O)Oc1ccc(F)c(N2CCCC2)c1. The van der Waals surface area contributed by atoms with Gasteiger partial charge in [-0.2, -0.15) is 0 Å². The molecule has 16 heavy (non-hydrogen) atoms. The molecule has 2 rings (SSSR count). The van der Waals surface area contributed by atoms with Crippen LogP contribution >= 0.6 is 0 Å². The van der Waals surface area contributed by atoms with Crippen LogP contribution < -0.4 is 9.64 Å². The average molecular weight is 223 g/mol. The van der Waals surface area contributed by atoms with Crippen LogP contribution in [-0.4, -0.2) is 19.1 Å². The van der Waals surface area contributed by atoms with E-state index in [0.29, 0.717) is 11.4 Å². The molecule has 4 heteroatoms. The highest BCUT2D eigenvalue weighted by Gasteiger charge is 2.17. The largest absolute Gasteiger partial charge is 0.427 e. The molecule has 1 saturated heterocycles. The molecule has 1 fully saturated rings. The Kier molecular flexibility index (Phi) is 3.08. The number of ether oxygens (including phenoxy) is 1. The van der Waals surface area contributed by atoms with Crippen molar-refractivity contribution in [3.05, 3.63) is 24.0 Å². The number of benzene rings is 1. The Labute approximate surface area is 93.8 Å². The normalized spacial score (nSPS) is 15.2. The molecular weight excluding hydrogens is 209 g/mol. The zero-order chi connectivity index (χ0) is 11.5. The lowest BCUT2D eigenvalue weighted by molar-refractivity contribution is -0.131. The number of carbonyl (C=O) groups excluding carboxylic acids is 1. The molecule has 86 valence electrons. The average Bonchev–Trinajstić information content (AvgIpc) is 2.73. The molecule has 1 aliphatic heterocycles. The molecule has 0 radical (unpaired) electrons. The van der Waals surface area contributed by atoms with E-state index in [2.05, 4.69) is 0 Å². The summed E-state index contributed by atoms with van der Waals surface area (Å²) in [5, 5.41) is 0. The minimum absolute atomic E-state index is 0.266. The van der Waals surface area contributed by atoms with E-state index < -0.39 is 0 Å². The lowest BCUT2D eigenvalue weighted by atomic mass is 10.2. The first-order chi connectivity index (χ1) is 7.66. The second-order valence-electron chi connectivity index (χ2n) is 3.90. The van der Waals surface area contributed by atoms with Crippen molar-refractivity contribution < 1.29 is 13.9 Å². The van der Waals surface area contributed by atoms with Gasteiger partial charge in [0.2, 0.25) is 0 Å². The number of halogens is 1. The highest BCUT2D eigenvalue weighted by Crippen LogP contribution is 2.27. The molecule has 0 aliphatic carbocycles. The fraction of sp³-hybridized carbons (Fsp3) is 0.417. The van der Waals surface area contributed by atoms with E-state index in [1.54, 1.807) is 6.07 Å². The fourth-order valence-corrected chi connectivity index (χ4v) is 1.92. The number of hydrogen-bond donors (Lipinski definition) is 0. The van der Waals surface area contributed by atoms with E-state index in [1.165, 1.54) is 19.1 Å². The van der Waals surface area contributed by atoms with Gasteiger partial charge >= 0.3 is 5.97 Å². The smallest absolute Gasteiger partial charge is 0.308 e. The van der Waals surface area contributed by atoms with Gasteiger partial charge < -0.3 is 9.64 Å². The number of anilines is 1. The van der Waals surface area contributed by atoms with Gasteiger partial charge in [-0.05, 0) is 25.0 Å². The second kappa shape index (κ2) is 4.51. The molecule has 0 amide bonds. The summed E-state index contributed by atoms with van der Waals surface area (Å²) in [5.41, 5.74) is 0.524. The molecule has 3 nitrogen and oxygen atoms in total. The Bertz CT molecular complexity index is 400. The first-order valence-electron chi connectivity index (χ1n) is 5.40. The summed E-state index contributed by atoms with van der Waals surface area (Å²) in [5.74, 6) is -0.257. The molecule has 0 N–H and O–H groups in total. The van der Waals surface area contributed by atoms with Crippen molar-refractivity contribution in [2.75, 3.05) is 18.0 Å². The quantitative estimate of drug-likeness (QED) is 0.569. The van der Waals surface area contributed by atoms with Gasteiger partial charge in [0.1, 0.15) is 11.6 Å². The molecule has 0 aromatic heterocycles. The molecule has 1 aromatic carbocycles. The van der Waals surface area contributed by atoms with Crippen LogP contribution in [0.3, 0.4) is 0 Å². The first kappa shape index (κ1) is 10.9. The standard InChI is InChI=1S/C12H14FNO2/c1-9(15)16-10-4-5-11(13)12(8-10)14-6-2-3-7-14/h4-5,8H,2-3,6-7H2,1H3. The van der Waals surface area contributed by atoms with Crippen LogP contribution in [0.25, 0.3) is 0 Å². The van der Waals surface area contributed by atoms with Gasteiger partial charge in [-0.25, -0.2) is 4.39 Å². The van der Waals surface area contributed by atoms with Gasteiger partial charge in [0.05, 0.1) is 5.69 Å². The van der Waals surface area contributed by atoms with Crippen LogP contribution in [0.15, 0.2) is 18.2 Å². The minimum atomic E-state index is -0.390. The number of nitrogens with zero attached hydrogens (tertiary/aromatic N) is 1. The Morgan fingerprint density at radius 3 is 2.69 bits per heavy atom. The predicted molar refractivity (Wildman–Crippen MR) is 59.2 cm³/mol. The van der Waals surface area contributed by atoms with Gasteiger partial charge in [0.25, 0.3) is 0 Å². The van der Waals surface area contributed by atoms with Gasteiger partial charge in [-0.15, -0.1) is 0 Å². The Morgan fingerprint density at radius 2 is 2.06 bits per heavy atom. The fourth-order valence-electron chi connectivity index (χ4n) is 1.92. The minimum Gasteiger partial charge on any atom is -0.427 e. The predicted octanol–water partition coefficient (Wildman–Crippen LogP) is 2.35. The van der Waals surface area contributed by atoms with Crippen LogP contribution in [0.2, 0.25) is 0 Å². The number of rotatable bonds is 2. The Morgan fingerprint density at radius 1 is 1.38 bits per heavy atom. The maximum absolute atomic E-state index is 13.6. The number of esters is 1. The van der Waals surface area contributed by atoms with Gasteiger partial charge in [0.15, 0.2) is 0 Å². The summed E-state index contributed by atoms with van der Waals surface area (Å²) in [7, 11) is 0. The highest BCUT2D eigenvalue weighted by molar-refractivity contribution is 5.70. The van der Waals surface area contributed by atoms with E-state index in [1.807, 2.05) is 4.90 Å². The molecule has 0 atom stereocenters. The summed E-state index contributed by atoms with van der Waals surface area (Å²) < 4.78 is 18.5. The molecule has 1 aliphatic rings. The third-order valence-electron chi connectivity index (χ3n) is 2.63. The maximum atomic E-state index is 13.6. The summed E-state index contributed by atoms with van der Waals surface area (Å²) in [4.78, 5) is 12.8. The molecule has 0 bridgehead atoms. The van der Waals surface area contributed by atoms with Crippen molar-refractivity contribution in [2.45, 2.75) is 19.8 Å². The van der Waals surface area contributed by atoms with E-state index in [9.17, 15) is 9.18 Å². The second-order valence-corrected chi connectivity index (χ2v) is 3.90. The molecule has 1 heterocycles. The topological polar surface area (TPSA) is 29.5 Å². The summed E-state index contributed by atoms with van der Waals surface area (Å²) in [6.45, 7) is 3.06. The van der Waals surface area contributed by atoms with Gasteiger partial charge in [-0.3, -0.25) is 4.79 Å². The van der Waals surface area contributed by atoms with E-state index in [-0.39, 0.29) is 11.8 Å². The lowest BCUT2D eigenvalue weighted by Gasteiger charge is -2.18. The van der Waals surface area contributed by atoms with Crippen LogP contribution in [0, 0.1) is 5.82 Å². The number of carbonyl (C=O) groups is 1. The van der Waals surface area contributed by atoms with Crippen LogP contribution in [0.5, 0.6) is 5.75 Å². The van der Waals surface area contributed by atoms with Gasteiger partial charge in [0, 0.05) is 26.1 Å². The third kappa shape index (κ3) is 2.32. The van der Waals surface area contributed by atoms with Crippen molar-refractivity contribution in [3.8, 4) is 5.75 Å². The lowest BCUT2D eigenvalue weighted by Crippen LogP contribution is -2.19. The van der Waals surface area contributed by atoms with Crippen molar-refractivity contribution >= 4 is 11.7 Å². The van der Waals surface area contributed by atoms with E-state index in [4.69, 9.17) is 4.74 Å². The van der Waals surface area contributed by atoms with Gasteiger partial charge in [-0.1, -0.05) is 0 Å². The van der Waals surface area contributed by atoms with Crippen molar-refractivity contribution in [3.63, 3.8) is 0 Å². The molecular formula is C12H14FNO2. The third-order valence-corrected chi connectivity index (χ3v) is 2.63. The molecule has 0 saturated carbocycles. The van der Waals surface area contributed by atoms with Crippen molar-refractivity contribution in [2.24, 2.45) is 0 Å². The zero-order valence-electron chi connectivity index (χ0n) is 9.20. The van der Waals surface area contributed by atoms with Crippen LogP contribution in [0.4, 0.5) is 10.1 Å². The monoisotopic (exact) mass is 223 g/mol. The van der Waals surface area contributed by atoms with Crippen LogP contribution in [-0.2, 0) is 4.79 Å². The Hall–Kier alpha value is -1.58. The summed E-state index contributed by atoms with van der Waals surface area (Å²) in [6, 6.07) is 4.39. The van der Waals surface area contributed by atoms with E-state index >= 15 is 0 Å². The molecule has 0 spiro atoms. The Balaban J connectivity index is 2.24. The van der Waals surface area contributed by atoms with Crippen LogP contribution in [0.1, 0.15) is 19.8 Å².